The Bertz CT molecular complexity index is 1740. The van der Waals surface area contributed by atoms with E-state index in [4.69, 9.17) is 15.2 Å². The van der Waals surface area contributed by atoms with Gasteiger partial charge in [-0.1, -0.05) is 18.2 Å². The molecule has 0 spiro atoms. The Labute approximate surface area is 237 Å². The fraction of sp³-hybridized carbons (Fsp3) is 0.367. The molecule has 2 aliphatic heterocycles. The zero-order valence-electron chi connectivity index (χ0n) is 23.2. The first-order valence-corrected chi connectivity index (χ1v) is 14.2. The van der Waals surface area contributed by atoms with E-state index < -0.39 is 0 Å². The van der Waals surface area contributed by atoms with E-state index in [9.17, 15) is 4.79 Å². The number of nitrogens with two attached hydrogens (primary N) is 1. The molecule has 2 saturated heterocycles. The zero-order valence-corrected chi connectivity index (χ0v) is 23.2. The summed E-state index contributed by atoms with van der Waals surface area (Å²) in [7, 11) is 0. The first kappa shape index (κ1) is 25.5. The lowest BCUT2D eigenvalue weighted by molar-refractivity contribution is -0.134. The minimum atomic E-state index is -0.0374. The molecular formula is C30H33N9O2. The van der Waals surface area contributed by atoms with E-state index >= 15 is 0 Å². The Morgan fingerprint density at radius 1 is 1.10 bits per heavy atom. The van der Waals surface area contributed by atoms with Gasteiger partial charge >= 0.3 is 0 Å². The lowest BCUT2D eigenvalue weighted by atomic mass is 10.0. The number of oxazole rings is 1. The predicted molar refractivity (Wildman–Crippen MR) is 158 cm³/mol. The fourth-order valence-electron chi connectivity index (χ4n) is 6.16. The number of likely N-dealkylation sites (tertiary alicyclic amines) is 1. The predicted octanol–water partition coefficient (Wildman–Crippen LogP) is 4.49. The maximum atomic E-state index is 12.9. The van der Waals surface area contributed by atoms with Gasteiger partial charge in [-0.25, -0.2) is 14.6 Å². The summed E-state index contributed by atoms with van der Waals surface area (Å²) in [6, 6.07) is 12.6. The molecule has 0 aliphatic carbocycles. The van der Waals surface area contributed by atoms with Gasteiger partial charge < -0.3 is 25.7 Å². The van der Waals surface area contributed by atoms with Crippen LogP contribution in [0, 0.1) is 13.8 Å². The highest BCUT2D eigenvalue weighted by Crippen LogP contribution is 2.35. The highest BCUT2D eigenvalue weighted by atomic mass is 16.4. The van der Waals surface area contributed by atoms with Gasteiger partial charge in [-0.05, 0) is 75.4 Å². The van der Waals surface area contributed by atoms with E-state index in [2.05, 4.69) is 38.6 Å². The number of hydrogen-bond acceptors (Lipinski definition) is 9. The molecule has 11 heteroatoms. The molecule has 0 bridgehead atoms. The van der Waals surface area contributed by atoms with Crippen LogP contribution in [0.15, 0.2) is 47.1 Å². The number of piperidine rings is 1. The molecule has 2 aliphatic rings. The monoisotopic (exact) mass is 551 g/mol. The summed E-state index contributed by atoms with van der Waals surface area (Å²) in [6.07, 6.45) is 5.09. The van der Waals surface area contributed by atoms with Gasteiger partial charge in [-0.15, -0.1) is 0 Å². The molecule has 4 N–H and O–H groups in total. The van der Waals surface area contributed by atoms with Gasteiger partial charge in [0.15, 0.2) is 11.2 Å². The van der Waals surface area contributed by atoms with Crippen molar-refractivity contribution >= 4 is 45.6 Å². The Kier molecular flexibility index (Phi) is 6.30. The number of aromatic nitrogens is 5. The summed E-state index contributed by atoms with van der Waals surface area (Å²) in [6.45, 7) is 6.40. The number of amides is 1. The third kappa shape index (κ3) is 4.65. The number of carbonyl (C=O) groups excluding carboxylic acids is 1. The van der Waals surface area contributed by atoms with E-state index in [0.717, 1.165) is 76.8 Å². The molecule has 210 valence electrons. The minimum absolute atomic E-state index is 0.0374. The van der Waals surface area contributed by atoms with Crippen molar-refractivity contribution in [3.63, 3.8) is 0 Å². The molecule has 5 aromatic rings. The number of rotatable bonds is 5. The summed E-state index contributed by atoms with van der Waals surface area (Å²) in [5.41, 5.74) is 13.4. The molecule has 2 aromatic carbocycles. The fourth-order valence-corrected chi connectivity index (χ4v) is 6.16. The zero-order chi connectivity index (χ0) is 28.1. The van der Waals surface area contributed by atoms with Crippen molar-refractivity contribution in [3.05, 3.63) is 53.9 Å². The molecular weight excluding hydrogens is 518 g/mol. The van der Waals surface area contributed by atoms with Crippen molar-refractivity contribution in [2.75, 3.05) is 30.7 Å². The summed E-state index contributed by atoms with van der Waals surface area (Å²) in [5, 5.41) is 12.4. The third-order valence-corrected chi connectivity index (χ3v) is 8.23. The molecule has 5 heterocycles. The average molecular weight is 552 g/mol. The van der Waals surface area contributed by atoms with E-state index in [0.29, 0.717) is 30.6 Å². The number of aryl methyl sites for hydroxylation is 2. The Morgan fingerprint density at radius 3 is 2.66 bits per heavy atom. The van der Waals surface area contributed by atoms with Crippen LogP contribution in [0.25, 0.3) is 33.4 Å². The number of nitrogens with one attached hydrogen (secondary N) is 2. The standard InChI is InChI=1S/C30H33N9O2/c1-17-14-18(2)26-23(15-17)36-30(41-26)35-20-7-5-19(6-8-20)25-24-27(31)33-16-34-28(24)39(37-25)21-9-12-38(13-10-21)29(40)22-4-3-11-32-22/h5-8,14-16,21-22,32H,3-4,9-13H2,1-2H3,(H,35,36)(H2,31,33,34)/t22-/m0/s1. The molecule has 1 amide bonds. The smallest absolute Gasteiger partial charge is 0.300 e. The van der Waals surface area contributed by atoms with Gasteiger partial charge in [0, 0.05) is 24.3 Å². The van der Waals surface area contributed by atoms with Crippen LogP contribution in [0.3, 0.4) is 0 Å². The van der Waals surface area contributed by atoms with Crippen LogP contribution in [0.2, 0.25) is 0 Å². The number of hydrogen-bond donors (Lipinski definition) is 3. The second-order valence-electron chi connectivity index (χ2n) is 11.1. The molecule has 7 rings (SSSR count). The third-order valence-electron chi connectivity index (χ3n) is 8.23. The van der Waals surface area contributed by atoms with E-state index in [1.807, 2.05) is 46.8 Å². The maximum Gasteiger partial charge on any atom is 0.300 e. The van der Waals surface area contributed by atoms with Crippen molar-refractivity contribution in [3.8, 4) is 11.3 Å². The van der Waals surface area contributed by atoms with Gasteiger partial charge in [0.1, 0.15) is 23.4 Å². The van der Waals surface area contributed by atoms with Crippen molar-refractivity contribution in [1.82, 2.24) is 34.9 Å². The van der Waals surface area contributed by atoms with Crippen LogP contribution in [0.1, 0.15) is 42.9 Å². The number of anilines is 3. The van der Waals surface area contributed by atoms with Gasteiger partial charge in [-0.3, -0.25) is 4.79 Å². The molecule has 0 saturated carbocycles. The Morgan fingerprint density at radius 2 is 1.90 bits per heavy atom. The van der Waals surface area contributed by atoms with Crippen molar-refractivity contribution in [2.24, 2.45) is 0 Å². The van der Waals surface area contributed by atoms with Crippen molar-refractivity contribution in [2.45, 2.75) is 51.6 Å². The van der Waals surface area contributed by atoms with Crippen molar-refractivity contribution in [1.29, 1.82) is 0 Å². The summed E-state index contributed by atoms with van der Waals surface area (Å²) in [5.74, 6) is 0.617. The highest BCUT2D eigenvalue weighted by molar-refractivity contribution is 5.98. The van der Waals surface area contributed by atoms with Gasteiger partial charge in [0.25, 0.3) is 6.01 Å². The number of nitrogens with zero attached hydrogens (tertiary/aromatic N) is 6. The minimum Gasteiger partial charge on any atom is -0.423 e. The molecule has 1 atom stereocenters. The largest absolute Gasteiger partial charge is 0.423 e. The second-order valence-corrected chi connectivity index (χ2v) is 11.1. The molecule has 11 nitrogen and oxygen atoms in total. The lowest BCUT2D eigenvalue weighted by Crippen LogP contribution is -2.47. The van der Waals surface area contributed by atoms with Gasteiger partial charge in [0.2, 0.25) is 5.91 Å². The average Bonchev–Trinajstić information content (AvgIpc) is 3.73. The van der Waals surface area contributed by atoms with E-state index in [1.165, 1.54) is 6.33 Å². The quantitative estimate of drug-likeness (QED) is 0.288. The van der Waals surface area contributed by atoms with Crippen LogP contribution in [0.4, 0.5) is 17.5 Å². The molecule has 3 aromatic heterocycles. The van der Waals surface area contributed by atoms with E-state index in [1.54, 1.807) is 0 Å². The number of fused-ring (bicyclic) bond motifs is 2. The molecule has 2 fully saturated rings. The van der Waals surface area contributed by atoms with Crippen LogP contribution in [-0.2, 0) is 4.79 Å². The lowest BCUT2D eigenvalue weighted by Gasteiger charge is -2.33. The Hall–Kier alpha value is -4.51. The number of carbonyl (C=O) groups is 1. The van der Waals surface area contributed by atoms with Gasteiger partial charge in [0.05, 0.1) is 17.5 Å². The van der Waals surface area contributed by atoms with Crippen molar-refractivity contribution < 1.29 is 9.21 Å². The Balaban J connectivity index is 1.13. The first-order valence-electron chi connectivity index (χ1n) is 14.2. The van der Waals surface area contributed by atoms with Crippen LogP contribution < -0.4 is 16.4 Å². The van der Waals surface area contributed by atoms with E-state index in [-0.39, 0.29) is 18.0 Å². The number of benzene rings is 2. The first-order chi connectivity index (χ1) is 19.9. The van der Waals surface area contributed by atoms with Crippen LogP contribution in [-0.4, -0.2) is 61.2 Å². The number of nitrogen functional groups attached to an aromatic ring is 1. The normalized spacial score (nSPS) is 18.0. The SMILES string of the molecule is Cc1cc(C)c2oc(Nc3ccc(-c4nn(C5CCN(C(=O)[C@@H]6CCCN6)CC5)c5ncnc(N)c45)cc3)nc2c1. The summed E-state index contributed by atoms with van der Waals surface area (Å²) < 4.78 is 7.95. The molecule has 0 radical (unpaired) electrons. The van der Waals surface area contributed by atoms with Gasteiger partial charge in [-0.2, -0.15) is 10.1 Å². The second kappa shape index (κ2) is 10.2. The van der Waals surface area contributed by atoms with Crippen LogP contribution in [0.5, 0.6) is 0 Å². The molecule has 0 unspecified atom stereocenters. The maximum absolute atomic E-state index is 12.9. The summed E-state index contributed by atoms with van der Waals surface area (Å²) in [4.78, 5) is 28.3. The topological polar surface area (TPSA) is 140 Å². The summed E-state index contributed by atoms with van der Waals surface area (Å²) >= 11 is 0. The molecule has 41 heavy (non-hydrogen) atoms. The van der Waals surface area contributed by atoms with Crippen LogP contribution >= 0.6 is 0 Å². The highest BCUT2D eigenvalue weighted by Gasteiger charge is 2.32.